The molecule has 0 saturated carbocycles. The molecule has 0 spiro atoms. The minimum absolute atomic E-state index is 0.247. The van der Waals surface area contributed by atoms with Crippen LogP contribution < -0.4 is 5.32 Å². The van der Waals surface area contributed by atoms with Crippen LogP contribution in [0.15, 0.2) is 48.7 Å². The third-order valence-electron chi connectivity index (χ3n) is 3.43. The molecule has 6 heteroatoms. The van der Waals surface area contributed by atoms with E-state index in [4.69, 9.17) is 11.6 Å². The van der Waals surface area contributed by atoms with E-state index in [0.29, 0.717) is 16.6 Å². The Labute approximate surface area is 149 Å². The Balaban J connectivity index is 1.91. The number of halogens is 1. The molecule has 0 radical (unpaired) electrons. The zero-order chi connectivity index (χ0) is 17.1. The van der Waals surface area contributed by atoms with Crippen molar-refractivity contribution in [3.05, 3.63) is 64.3 Å². The summed E-state index contributed by atoms with van der Waals surface area (Å²) in [6.45, 7) is 4.24. The molecule has 0 unspecified atom stereocenters. The van der Waals surface area contributed by atoms with Crippen LogP contribution in [0.25, 0.3) is 11.3 Å². The number of pyridine rings is 1. The van der Waals surface area contributed by atoms with Gasteiger partial charge >= 0.3 is 0 Å². The topological polar surface area (TPSA) is 54.9 Å². The fraction of sp³-hybridized carbons (Fsp3) is 0.167. The van der Waals surface area contributed by atoms with Crippen molar-refractivity contribution < 1.29 is 4.79 Å². The highest BCUT2D eigenvalue weighted by atomic mass is 35.5. The van der Waals surface area contributed by atoms with Gasteiger partial charge in [0.2, 0.25) is 0 Å². The summed E-state index contributed by atoms with van der Waals surface area (Å²) in [4.78, 5) is 22.0. The molecular weight excluding hydrogens is 342 g/mol. The first-order valence-corrected chi connectivity index (χ1v) is 8.73. The van der Waals surface area contributed by atoms with E-state index in [9.17, 15) is 4.79 Å². The number of nitrogens with one attached hydrogen (secondary N) is 1. The van der Waals surface area contributed by atoms with Crippen LogP contribution in [0.1, 0.15) is 35.0 Å². The third-order valence-corrected chi connectivity index (χ3v) is 4.91. The van der Waals surface area contributed by atoms with Crippen LogP contribution in [0.2, 0.25) is 5.15 Å². The lowest BCUT2D eigenvalue weighted by molar-refractivity contribution is 0.102. The third kappa shape index (κ3) is 3.63. The zero-order valence-corrected chi connectivity index (χ0v) is 14.9. The Bertz CT molecular complexity index is 862. The van der Waals surface area contributed by atoms with Gasteiger partial charge in [-0.25, -0.2) is 9.97 Å². The predicted molar refractivity (Wildman–Crippen MR) is 98.8 cm³/mol. The molecule has 1 aromatic carbocycles. The van der Waals surface area contributed by atoms with Crippen molar-refractivity contribution in [3.8, 4) is 11.3 Å². The van der Waals surface area contributed by atoms with Gasteiger partial charge in [0.1, 0.15) is 5.15 Å². The molecule has 3 aromatic rings. The minimum atomic E-state index is -0.247. The van der Waals surface area contributed by atoms with Crippen LogP contribution in [0.3, 0.4) is 0 Å². The molecule has 0 bridgehead atoms. The average Bonchev–Trinajstić information content (AvgIpc) is 3.00. The predicted octanol–water partition coefficient (Wildman–Crippen LogP) is 5.23. The SMILES string of the molecule is CC(C)c1sc(NC(=O)c2ccnc(Cl)c2)nc1-c1ccccc1. The quantitative estimate of drug-likeness (QED) is 0.650. The van der Waals surface area contributed by atoms with Crippen LogP contribution in [0.5, 0.6) is 0 Å². The zero-order valence-electron chi connectivity index (χ0n) is 13.3. The van der Waals surface area contributed by atoms with Crippen molar-refractivity contribution in [3.63, 3.8) is 0 Å². The second kappa shape index (κ2) is 7.11. The molecule has 1 amide bonds. The number of hydrogen-bond acceptors (Lipinski definition) is 4. The molecule has 4 nitrogen and oxygen atoms in total. The van der Waals surface area contributed by atoms with E-state index >= 15 is 0 Å². The lowest BCUT2D eigenvalue weighted by atomic mass is 10.1. The molecule has 0 saturated heterocycles. The lowest BCUT2D eigenvalue weighted by Gasteiger charge is -2.04. The number of aromatic nitrogens is 2. The van der Waals surface area contributed by atoms with Crippen LogP contribution in [0, 0.1) is 0 Å². The molecule has 0 fully saturated rings. The molecule has 1 N–H and O–H groups in total. The Morgan fingerprint density at radius 3 is 2.62 bits per heavy atom. The van der Waals surface area contributed by atoms with Gasteiger partial charge in [0.15, 0.2) is 5.13 Å². The molecule has 122 valence electrons. The van der Waals surface area contributed by atoms with E-state index in [1.54, 1.807) is 6.07 Å². The maximum atomic E-state index is 12.4. The molecule has 0 atom stereocenters. The highest BCUT2D eigenvalue weighted by Crippen LogP contribution is 2.36. The highest BCUT2D eigenvalue weighted by molar-refractivity contribution is 7.16. The average molecular weight is 358 g/mol. The second-order valence-electron chi connectivity index (χ2n) is 5.57. The Hall–Kier alpha value is -2.24. The first-order chi connectivity index (χ1) is 11.5. The van der Waals surface area contributed by atoms with Crippen LogP contribution in [-0.4, -0.2) is 15.9 Å². The summed E-state index contributed by atoms with van der Waals surface area (Å²) in [7, 11) is 0. The van der Waals surface area contributed by atoms with E-state index in [-0.39, 0.29) is 11.1 Å². The van der Waals surface area contributed by atoms with Crippen molar-refractivity contribution in [2.45, 2.75) is 19.8 Å². The monoisotopic (exact) mass is 357 g/mol. The normalized spacial score (nSPS) is 10.8. The van der Waals surface area contributed by atoms with E-state index in [0.717, 1.165) is 16.1 Å². The molecule has 0 aliphatic carbocycles. The van der Waals surface area contributed by atoms with Crippen molar-refractivity contribution in [2.75, 3.05) is 5.32 Å². The number of nitrogens with zero attached hydrogens (tertiary/aromatic N) is 2. The number of thiazole rings is 1. The molecule has 0 aliphatic rings. The Kier molecular flexibility index (Phi) is 4.92. The van der Waals surface area contributed by atoms with Crippen molar-refractivity contribution in [2.24, 2.45) is 0 Å². The second-order valence-corrected chi connectivity index (χ2v) is 6.99. The van der Waals surface area contributed by atoms with Crippen molar-refractivity contribution in [1.29, 1.82) is 0 Å². The summed E-state index contributed by atoms with van der Waals surface area (Å²) in [5.41, 5.74) is 2.42. The largest absolute Gasteiger partial charge is 0.298 e. The standard InChI is InChI=1S/C18H16ClN3OS/c1-11(2)16-15(12-6-4-3-5-7-12)21-18(24-16)22-17(23)13-8-9-20-14(19)10-13/h3-11H,1-2H3,(H,21,22,23). The molecule has 2 aromatic heterocycles. The van der Waals surface area contributed by atoms with Gasteiger partial charge in [-0.1, -0.05) is 55.8 Å². The van der Waals surface area contributed by atoms with Gasteiger partial charge in [0, 0.05) is 22.2 Å². The molecule has 0 aliphatic heterocycles. The van der Waals surface area contributed by atoms with Crippen LogP contribution >= 0.6 is 22.9 Å². The van der Waals surface area contributed by atoms with Gasteiger partial charge in [-0.15, -0.1) is 11.3 Å². The lowest BCUT2D eigenvalue weighted by Crippen LogP contribution is -2.11. The summed E-state index contributed by atoms with van der Waals surface area (Å²) in [5, 5.41) is 3.72. The van der Waals surface area contributed by atoms with E-state index < -0.39 is 0 Å². The van der Waals surface area contributed by atoms with Gasteiger partial charge in [-0.3, -0.25) is 10.1 Å². The van der Waals surface area contributed by atoms with Crippen molar-refractivity contribution >= 4 is 34.0 Å². The molecule has 3 rings (SSSR count). The maximum Gasteiger partial charge on any atom is 0.257 e. The van der Waals surface area contributed by atoms with Crippen LogP contribution in [0.4, 0.5) is 5.13 Å². The number of carbonyl (C=O) groups is 1. The summed E-state index contributed by atoms with van der Waals surface area (Å²) >= 11 is 7.34. The van der Waals surface area contributed by atoms with E-state index in [1.807, 2.05) is 30.3 Å². The highest BCUT2D eigenvalue weighted by Gasteiger charge is 2.17. The fourth-order valence-electron chi connectivity index (χ4n) is 2.29. The van der Waals surface area contributed by atoms with Gasteiger partial charge in [0.25, 0.3) is 5.91 Å². The van der Waals surface area contributed by atoms with Crippen LogP contribution in [-0.2, 0) is 0 Å². The Morgan fingerprint density at radius 1 is 1.21 bits per heavy atom. The number of carbonyl (C=O) groups excluding carboxylic acids is 1. The van der Waals surface area contributed by atoms with E-state index in [1.165, 1.54) is 23.6 Å². The van der Waals surface area contributed by atoms with E-state index in [2.05, 4.69) is 29.1 Å². The summed E-state index contributed by atoms with van der Waals surface area (Å²) in [5.74, 6) is 0.0710. The number of rotatable bonds is 4. The van der Waals surface area contributed by atoms with Gasteiger partial charge in [-0.05, 0) is 18.1 Å². The molecular formula is C18H16ClN3OS. The number of benzene rings is 1. The number of anilines is 1. The molecule has 2 heterocycles. The first kappa shape index (κ1) is 16.6. The summed E-state index contributed by atoms with van der Waals surface area (Å²) < 4.78 is 0. The van der Waals surface area contributed by atoms with Gasteiger partial charge in [0.05, 0.1) is 5.69 Å². The van der Waals surface area contributed by atoms with Gasteiger partial charge < -0.3 is 0 Å². The first-order valence-electron chi connectivity index (χ1n) is 7.53. The summed E-state index contributed by atoms with van der Waals surface area (Å²) in [6.07, 6.45) is 1.51. The minimum Gasteiger partial charge on any atom is -0.298 e. The summed E-state index contributed by atoms with van der Waals surface area (Å²) in [6, 6.07) is 13.1. The fourth-order valence-corrected chi connectivity index (χ4v) is 3.45. The number of hydrogen-bond donors (Lipinski definition) is 1. The van der Waals surface area contributed by atoms with Crippen molar-refractivity contribution in [1.82, 2.24) is 9.97 Å². The smallest absolute Gasteiger partial charge is 0.257 e. The Morgan fingerprint density at radius 2 is 1.96 bits per heavy atom. The van der Waals surface area contributed by atoms with Gasteiger partial charge in [-0.2, -0.15) is 0 Å². The maximum absolute atomic E-state index is 12.4. The molecule has 24 heavy (non-hydrogen) atoms. The number of amides is 1.